The van der Waals surface area contributed by atoms with Crippen molar-refractivity contribution in [3.05, 3.63) is 0 Å². The smallest absolute Gasteiger partial charge is 0.139 e. The van der Waals surface area contributed by atoms with Crippen molar-refractivity contribution in [3.8, 4) is 0 Å². The summed E-state index contributed by atoms with van der Waals surface area (Å²) in [7, 11) is 1.00. The molecule has 0 amide bonds. The maximum absolute atomic E-state index is 10.00. The molecule has 0 radical (unpaired) electrons. The molecular formula is C6H13NO3. The van der Waals surface area contributed by atoms with E-state index in [0.717, 1.165) is 19.9 Å². The van der Waals surface area contributed by atoms with E-state index in [9.17, 15) is 4.79 Å². The molecule has 2 unspecified atom stereocenters. The largest absolute Gasteiger partial charge is 0.400 e. The average molecular weight is 147 g/mol. The quantitative estimate of drug-likeness (QED) is 0.395. The van der Waals surface area contributed by atoms with Gasteiger partial charge in [0.2, 0.25) is 0 Å². The molecule has 1 fully saturated rings. The van der Waals surface area contributed by atoms with Gasteiger partial charge in [-0.2, -0.15) is 0 Å². The van der Waals surface area contributed by atoms with Crippen LogP contribution in [-0.4, -0.2) is 42.3 Å². The van der Waals surface area contributed by atoms with Crippen molar-refractivity contribution in [2.24, 2.45) is 0 Å². The highest BCUT2D eigenvalue weighted by molar-refractivity contribution is 5.59. The van der Waals surface area contributed by atoms with Gasteiger partial charge in [-0.15, -0.1) is 0 Å². The number of aldehydes is 1. The number of rotatable bonds is 1. The van der Waals surface area contributed by atoms with Gasteiger partial charge in [0.15, 0.2) is 0 Å². The predicted molar refractivity (Wildman–Crippen MR) is 36.6 cm³/mol. The third-order valence-electron chi connectivity index (χ3n) is 1.38. The lowest BCUT2D eigenvalue weighted by atomic mass is 10.2. The van der Waals surface area contributed by atoms with Crippen molar-refractivity contribution in [1.29, 1.82) is 0 Å². The number of carbonyl (C=O) groups is 1. The van der Waals surface area contributed by atoms with E-state index in [1.165, 1.54) is 0 Å². The van der Waals surface area contributed by atoms with Crippen LogP contribution in [0.2, 0.25) is 0 Å². The maximum Gasteiger partial charge on any atom is 0.139 e. The number of hydrogen-bond acceptors (Lipinski definition) is 4. The summed E-state index contributed by atoms with van der Waals surface area (Å²) >= 11 is 0. The fraction of sp³-hybridized carbons (Fsp3) is 0.833. The zero-order valence-corrected chi connectivity index (χ0v) is 5.95. The van der Waals surface area contributed by atoms with E-state index in [1.807, 2.05) is 0 Å². The molecule has 0 bridgehead atoms. The Balaban J connectivity index is 0.000000371. The molecular weight excluding hydrogens is 134 g/mol. The van der Waals surface area contributed by atoms with Crippen molar-refractivity contribution >= 4 is 6.29 Å². The minimum absolute atomic E-state index is 0.310. The number of nitrogens with one attached hydrogen (secondary N) is 1. The average Bonchev–Trinajstić information content (AvgIpc) is 2.39. The lowest BCUT2D eigenvalue weighted by Crippen LogP contribution is -2.31. The Morgan fingerprint density at radius 2 is 2.20 bits per heavy atom. The van der Waals surface area contributed by atoms with Gasteiger partial charge in [0.05, 0.1) is 12.1 Å². The molecule has 10 heavy (non-hydrogen) atoms. The summed E-state index contributed by atoms with van der Waals surface area (Å²) in [4.78, 5) is 10.00. The second-order valence-electron chi connectivity index (χ2n) is 1.97. The first-order valence-corrected chi connectivity index (χ1v) is 3.16. The molecule has 0 saturated carbocycles. The summed E-state index contributed by atoms with van der Waals surface area (Å²) < 4.78 is 0. The Morgan fingerprint density at radius 3 is 2.40 bits per heavy atom. The molecule has 2 atom stereocenters. The summed E-state index contributed by atoms with van der Waals surface area (Å²) in [5, 5.41) is 18.7. The molecule has 3 N–H and O–H groups in total. The van der Waals surface area contributed by atoms with E-state index in [-0.39, 0.29) is 6.04 Å². The first-order chi connectivity index (χ1) is 4.84. The summed E-state index contributed by atoms with van der Waals surface area (Å²) in [5.41, 5.74) is 0. The lowest BCUT2D eigenvalue weighted by molar-refractivity contribution is -0.110. The fourth-order valence-corrected chi connectivity index (χ4v) is 0.852. The van der Waals surface area contributed by atoms with Gasteiger partial charge in [-0.05, 0) is 13.0 Å². The highest BCUT2D eigenvalue weighted by Crippen LogP contribution is 2.02. The third kappa shape index (κ3) is 2.43. The summed E-state index contributed by atoms with van der Waals surface area (Å²) in [6.45, 7) is 0.755. The van der Waals surface area contributed by atoms with E-state index < -0.39 is 6.10 Å². The topological polar surface area (TPSA) is 69.6 Å². The van der Waals surface area contributed by atoms with Crippen LogP contribution in [0.4, 0.5) is 0 Å². The molecule has 1 heterocycles. The van der Waals surface area contributed by atoms with Crippen LogP contribution < -0.4 is 5.32 Å². The molecule has 1 rings (SSSR count). The number of aliphatic hydroxyl groups is 2. The van der Waals surface area contributed by atoms with Crippen LogP contribution in [0.25, 0.3) is 0 Å². The van der Waals surface area contributed by atoms with Gasteiger partial charge in [-0.3, -0.25) is 0 Å². The van der Waals surface area contributed by atoms with Gasteiger partial charge in [0.1, 0.15) is 6.29 Å². The first kappa shape index (κ1) is 9.55. The molecule has 0 aliphatic carbocycles. The molecule has 1 aliphatic rings. The first-order valence-electron chi connectivity index (χ1n) is 3.16. The van der Waals surface area contributed by atoms with Crippen molar-refractivity contribution in [1.82, 2.24) is 5.32 Å². The third-order valence-corrected chi connectivity index (χ3v) is 1.38. The molecule has 0 spiro atoms. The van der Waals surface area contributed by atoms with Gasteiger partial charge >= 0.3 is 0 Å². The van der Waals surface area contributed by atoms with E-state index in [4.69, 9.17) is 10.2 Å². The van der Waals surface area contributed by atoms with Crippen molar-refractivity contribution in [2.45, 2.75) is 18.6 Å². The Morgan fingerprint density at radius 1 is 1.60 bits per heavy atom. The lowest BCUT2D eigenvalue weighted by Gasteiger charge is -2.03. The minimum atomic E-state index is -0.451. The van der Waals surface area contributed by atoms with Crippen LogP contribution in [0.5, 0.6) is 0 Å². The van der Waals surface area contributed by atoms with E-state index in [0.29, 0.717) is 6.42 Å². The van der Waals surface area contributed by atoms with E-state index in [2.05, 4.69) is 5.32 Å². The molecule has 1 saturated heterocycles. The molecule has 0 aromatic heterocycles. The van der Waals surface area contributed by atoms with Crippen LogP contribution in [-0.2, 0) is 4.79 Å². The second kappa shape index (κ2) is 5.34. The van der Waals surface area contributed by atoms with Crippen molar-refractivity contribution in [3.63, 3.8) is 0 Å². The van der Waals surface area contributed by atoms with E-state index in [1.54, 1.807) is 0 Å². The maximum atomic E-state index is 10.00. The zero-order valence-electron chi connectivity index (χ0n) is 5.95. The Labute approximate surface area is 59.9 Å². The normalized spacial score (nSPS) is 30.7. The van der Waals surface area contributed by atoms with Gasteiger partial charge in [-0.25, -0.2) is 0 Å². The molecule has 0 aromatic rings. The van der Waals surface area contributed by atoms with Gasteiger partial charge < -0.3 is 20.3 Å². The monoisotopic (exact) mass is 147 g/mol. The van der Waals surface area contributed by atoms with E-state index >= 15 is 0 Å². The Bertz CT molecular complexity index is 97.0. The number of hydrogen-bond donors (Lipinski definition) is 3. The molecule has 4 nitrogen and oxygen atoms in total. The van der Waals surface area contributed by atoms with Crippen LogP contribution in [0, 0.1) is 0 Å². The van der Waals surface area contributed by atoms with Crippen molar-refractivity contribution < 1.29 is 15.0 Å². The van der Waals surface area contributed by atoms with Crippen LogP contribution in [0.15, 0.2) is 0 Å². The van der Waals surface area contributed by atoms with Gasteiger partial charge in [0.25, 0.3) is 0 Å². The SMILES string of the molecule is CO.O=CC1NCCC1O. The van der Waals surface area contributed by atoms with Crippen LogP contribution >= 0.6 is 0 Å². The highest BCUT2D eigenvalue weighted by atomic mass is 16.3. The summed E-state index contributed by atoms with van der Waals surface area (Å²) in [6, 6.07) is -0.310. The molecule has 4 heteroatoms. The number of carbonyl (C=O) groups excluding carboxylic acids is 1. The predicted octanol–water partition coefficient (Wildman–Crippen LogP) is -1.48. The minimum Gasteiger partial charge on any atom is -0.400 e. The fourth-order valence-electron chi connectivity index (χ4n) is 0.852. The molecule has 60 valence electrons. The second-order valence-corrected chi connectivity index (χ2v) is 1.97. The van der Waals surface area contributed by atoms with Crippen molar-refractivity contribution in [2.75, 3.05) is 13.7 Å². The number of aliphatic hydroxyl groups excluding tert-OH is 2. The van der Waals surface area contributed by atoms with Crippen LogP contribution in [0.1, 0.15) is 6.42 Å². The summed E-state index contributed by atoms with van der Waals surface area (Å²) in [6.07, 6.45) is 0.994. The van der Waals surface area contributed by atoms with Crippen LogP contribution in [0.3, 0.4) is 0 Å². The zero-order chi connectivity index (χ0) is 7.98. The van der Waals surface area contributed by atoms with Gasteiger partial charge in [0, 0.05) is 7.11 Å². The summed E-state index contributed by atoms with van der Waals surface area (Å²) in [5.74, 6) is 0. The Hall–Kier alpha value is -0.450. The standard InChI is InChI=1S/C5H9NO2.CH4O/c7-3-4-5(8)1-2-6-4;1-2/h3-6,8H,1-2H2;2H,1H3. The Kier molecular flexibility index (Phi) is 5.10. The molecule has 0 aromatic carbocycles. The highest BCUT2D eigenvalue weighted by Gasteiger charge is 2.22. The molecule has 1 aliphatic heterocycles. The van der Waals surface area contributed by atoms with Gasteiger partial charge in [-0.1, -0.05) is 0 Å².